The summed E-state index contributed by atoms with van der Waals surface area (Å²) in [5, 5.41) is 5.14. The normalized spacial score (nSPS) is 13.8. The second-order valence-electron chi connectivity index (χ2n) is 10.3. The third-order valence-corrected chi connectivity index (χ3v) is 8.32. The van der Waals surface area contributed by atoms with E-state index in [0.29, 0.717) is 0 Å². The van der Waals surface area contributed by atoms with Gasteiger partial charge in [0, 0.05) is 21.9 Å². The Morgan fingerprint density at radius 3 is 2.00 bits per heavy atom. The molecule has 0 aliphatic heterocycles. The Morgan fingerprint density at radius 1 is 0.568 bits per heavy atom. The van der Waals surface area contributed by atoms with Gasteiger partial charge in [0.2, 0.25) is 0 Å². The smallest absolute Gasteiger partial charge is 0.0734 e. The Kier molecular flexibility index (Phi) is 4.14. The van der Waals surface area contributed by atoms with Crippen LogP contribution in [0.2, 0.25) is 0 Å². The number of rotatable bonds is 2. The fraction of sp³-hybridized carbons (Fsp3) is 0.0556. The van der Waals surface area contributed by atoms with Gasteiger partial charge in [-0.15, -0.1) is 0 Å². The number of benzene rings is 6. The summed E-state index contributed by atoms with van der Waals surface area (Å²) in [5.74, 6) is 0. The van der Waals surface area contributed by atoms with Crippen molar-refractivity contribution in [3.05, 3.63) is 155 Å². The quantitative estimate of drug-likeness (QED) is 0.259. The molecule has 1 aromatic heterocycles. The van der Waals surface area contributed by atoms with Gasteiger partial charge in [-0.3, -0.25) is 0 Å². The van der Waals surface area contributed by atoms with E-state index in [0.717, 1.165) is 0 Å². The first-order valence-corrected chi connectivity index (χ1v) is 13.0. The van der Waals surface area contributed by atoms with E-state index in [-0.39, 0.29) is 0 Å². The fourth-order valence-electron chi connectivity index (χ4n) is 6.84. The van der Waals surface area contributed by atoms with Crippen molar-refractivity contribution in [3.63, 3.8) is 0 Å². The van der Waals surface area contributed by atoms with E-state index < -0.39 is 5.41 Å². The van der Waals surface area contributed by atoms with Crippen LogP contribution in [0.15, 0.2) is 127 Å². The zero-order valence-corrected chi connectivity index (χ0v) is 20.6. The molecule has 1 heterocycles. The van der Waals surface area contributed by atoms with Crippen LogP contribution in [0.3, 0.4) is 0 Å². The minimum Gasteiger partial charge on any atom is -0.354 e. The number of aromatic nitrogens is 1. The highest BCUT2D eigenvalue weighted by Crippen LogP contribution is 2.59. The SMILES string of the molecule is Cc1ccc2c(c1)[nH]c1c3c(ccc12)-c1c(ccc2ccccc12)C3(c1ccccc1)c1ccccc1. The first kappa shape index (κ1) is 20.6. The van der Waals surface area contributed by atoms with Crippen LogP contribution in [0.5, 0.6) is 0 Å². The van der Waals surface area contributed by atoms with Crippen LogP contribution in [-0.2, 0) is 5.41 Å². The number of H-pyrrole nitrogens is 1. The van der Waals surface area contributed by atoms with E-state index in [9.17, 15) is 0 Å². The highest BCUT2D eigenvalue weighted by molar-refractivity contribution is 6.14. The molecule has 0 fully saturated rings. The van der Waals surface area contributed by atoms with Crippen LogP contribution in [0.4, 0.5) is 0 Å². The molecule has 0 saturated heterocycles. The van der Waals surface area contributed by atoms with Gasteiger partial charge in [-0.25, -0.2) is 0 Å². The third kappa shape index (κ3) is 2.64. The highest BCUT2D eigenvalue weighted by atomic mass is 14.7. The van der Waals surface area contributed by atoms with Crippen LogP contribution < -0.4 is 0 Å². The molecule has 0 atom stereocenters. The second kappa shape index (κ2) is 7.44. The molecule has 0 saturated carbocycles. The van der Waals surface area contributed by atoms with Crippen molar-refractivity contribution < 1.29 is 0 Å². The van der Waals surface area contributed by atoms with Crippen molar-refractivity contribution in [2.75, 3.05) is 0 Å². The summed E-state index contributed by atoms with van der Waals surface area (Å²) in [6, 6.07) is 47.0. The van der Waals surface area contributed by atoms with Gasteiger partial charge in [0.05, 0.1) is 10.9 Å². The Bertz CT molecular complexity index is 1940. The summed E-state index contributed by atoms with van der Waals surface area (Å²) in [6.07, 6.45) is 0. The van der Waals surface area contributed by atoms with Crippen LogP contribution in [-0.4, -0.2) is 4.98 Å². The average Bonchev–Trinajstić information content (AvgIpc) is 3.47. The molecule has 1 nitrogen and oxygen atoms in total. The number of nitrogens with one attached hydrogen (secondary N) is 1. The predicted octanol–water partition coefficient (Wildman–Crippen LogP) is 9.15. The maximum absolute atomic E-state index is 3.90. The minimum atomic E-state index is -0.438. The lowest BCUT2D eigenvalue weighted by Crippen LogP contribution is -2.28. The van der Waals surface area contributed by atoms with Crippen LogP contribution in [0.25, 0.3) is 43.7 Å². The molecule has 1 aliphatic rings. The van der Waals surface area contributed by atoms with Gasteiger partial charge in [0.25, 0.3) is 0 Å². The summed E-state index contributed by atoms with van der Waals surface area (Å²) in [5.41, 5.74) is 11.2. The minimum absolute atomic E-state index is 0.438. The molecule has 37 heavy (non-hydrogen) atoms. The van der Waals surface area contributed by atoms with Gasteiger partial charge in [-0.05, 0) is 57.1 Å². The van der Waals surface area contributed by atoms with Crippen molar-refractivity contribution in [1.82, 2.24) is 4.98 Å². The van der Waals surface area contributed by atoms with Gasteiger partial charge < -0.3 is 4.98 Å². The van der Waals surface area contributed by atoms with E-state index in [1.165, 1.54) is 71.5 Å². The molecule has 174 valence electrons. The lowest BCUT2D eigenvalue weighted by molar-refractivity contribution is 0.774. The van der Waals surface area contributed by atoms with Crippen molar-refractivity contribution in [2.45, 2.75) is 12.3 Å². The standard InChI is InChI=1S/C36H25N/c1-23-16-18-28-29-19-20-30-33-27-15-9-8-10-24(27)17-21-31(33)36(25-11-4-2-5-12-25,26-13-6-3-7-14-26)34(30)35(29)37-32(28)22-23/h2-22,37H,1H3. The van der Waals surface area contributed by atoms with Crippen LogP contribution in [0.1, 0.15) is 27.8 Å². The summed E-state index contributed by atoms with van der Waals surface area (Å²) >= 11 is 0. The highest BCUT2D eigenvalue weighted by Gasteiger charge is 2.48. The van der Waals surface area contributed by atoms with Crippen molar-refractivity contribution in [3.8, 4) is 11.1 Å². The molecule has 1 heteroatoms. The number of hydrogen-bond donors (Lipinski definition) is 1. The second-order valence-corrected chi connectivity index (χ2v) is 10.3. The monoisotopic (exact) mass is 471 g/mol. The Hall–Kier alpha value is -4.62. The lowest BCUT2D eigenvalue weighted by Gasteiger charge is -2.34. The molecule has 0 bridgehead atoms. The van der Waals surface area contributed by atoms with Crippen molar-refractivity contribution in [2.24, 2.45) is 0 Å². The van der Waals surface area contributed by atoms with E-state index in [4.69, 9.17) is 0 Å². The number of fused-ring (bicyclic) bond motifs is 9. The topological polar surface area (TPSA) is 15.8 Å². The number of hydrogen-bond acceptors (Lipinski definition) is 0. The Labute approximate surface area is 216 Å². The summed E-state index contributed by atoms with van der Waals surface area (Å²) in [6.45, 7) is 2.16. The molecule has 6 aromatic carbocycles. The number of aromatic amines is 1. The Balaban J connectivity index is 1.65. The first-order valence-electron chi connectivity index (χ1n) is 13.0. The first-order chi connectivity index (χ1) is 18.3. The molecular weight excluding hydrogens is 446 g/mol. The van der Waals surface area contributed by atoms with Crippen molar-refractivity contribution >= 4 is 32.6 Å². The van der Waals surface area contributed by atoms with E-state index in [1.54, 1.807) is 0 Å². The van der Waals surface area contributed by atoms with Gasteiger partial charge in [0.15, 0.2) is 0 Å². The zero-order valence-electron chi connectivity index (χ0n) is 20.6. The van der Waals surface area contributed by atoms with E-state index in [1.807, 2.05) is 0 Å². The molecule has 8 rings (SSSR count). The molecule has 0 amide bonds. The van der Waals surface area contributed by atoms with Crippen LogP contribution >= 0.6 is 0 Å². The molecule has 0 unspecified atom stereocenters. The third-order valence-electron chi connectivity index (χ3n) is 8.32. The average molecular weight is 472 g/mol. The summed E-state index contributed by atoms with van der Waals surface area (Å²) < 4.78 is 0. The largest absolute Gasteiger partial charge is 0.354 e. The van der Waals surface area contributed by atoms with E-state index >= 15 is 0 Å². The summed E-state index contributed by atoms with van der Waals surface area (Å²) in [7, 11) is 0. The summed E-state index contributed by atoms with van der Waals surface area (Å²) in [4.78, 5) is 3.90. The molecular formula is C36H25N. The maximum Gasteiger partial charge on any atom is 0.0734 e. The Morgan fingerprint density at radius 2 is 1.24 bits per heavy atom. The molecule has 0 spiro atoms. The molecule has 7 aromatic rings. The number of aryl methyl sites for hydroxylation is 1. The molecule has 1 aliphatic carbocycles. The zero-order chi connectivity index (χ0) is 24.6. The molecule has 0 radical (unpaired) electrons. The van der Waals surface area contributed by atoms with E-state index in [2.05, 4.69) is 139 Å². The fourth-order valence-corrected chi connectivity index (χ4v) is 6.84. The van der Waals surface area contributed by atoms with Gasteiger partial charge in [-0.2, -0.15) is 0 Å². The van der Waals surface area contributed by atoms with Gasteiger partial charge in [0.1, 0.15) is 0 Å². The molecule has 1 N–H and O–H groups in total. The van der Waals surface area contributed by atoms with Crippen LogP contribution in [0, 0.1) is 6.92 Å². The van der Waals surface area contributed by atoms with Gasteiger partial charge >= 0.3 is 0 Å². The van der Waals surface area contributed by atoms with Crippen molar-refractivity contribution in [1.29, 1.82) is 0 Å². The predicted molar refractivity (Wildman–Crippen MR) is 155 cm³/mol. The van der Waals surface area contributed by atoms with Gasteiger partial charge in [-0.1, -0.05) is 121 Å². The maximum atomic E-state index is 3.90. The lowest BCUT2D eigenvalue weighted by atomic mass is 9.67.